The highest BCUT2D eigenvalue weighted by molar-refractivity contribution is 7.89. The zero-order valence-corrected chi connectivity index (χ0v) is 12.7. The van der Waals surface area contributed by atoms with Crippen LogP contribution < -0.4 is 5.73 Å². The third kappa shape index (κ3) is 3.38. The number of nitrogens with zero attached hydrogens (tertiary/aromatic N) is 3. The number of rotatable bonds is 5. The van der Waals surface area contributed by atoms with Crippen LogP contribution in [0.2, 0.25) is 0 Å². The number of hydrogen-bond acceptors (Lipinski definition) is 5. The second-order valence-corrected chi connectivity index (χ2v) is 7.10. The Morgan fingerprint density at radius 1 is 1.40 bits per heavy atom. The van der Waals surface area contributed by atoms with Crippen molar-refractivity contribution in [1.82, 2.24) is 14.1 Å². The van der Waals surface area contributed by atoms with Gasteiger partial charge in [0, 0.05) is 25.8 Å². The molecule has 1 aromatic heterocycles. The smallest absolute Gasteiger partial charge is 0.246 e. The predicted octanol–water partition coefficient (Wildman–Crippen LogP) is 0.0298. The van der Waals surface area contributed by atoms with Gasteiger partial charge >= 0.3 is 0 Å². The molecule has 0 radical (unpaired) electrons. The second-order valence-electron chi connectivity index (χ2n) is 5.16. The zero-order chi connectivity index (χ0) is 14.8. The highest BCUT2D eigenvalue weighted by atomic mass is 32.2. The van der Waals surface area contributed by atoms with Crippen molar-refractivity contribution in [1.29, 1.82) is 0 Å². The third-order valence-corrected chi connectivity index (χ3v) is 5.01. The minimum absolute atomic E-state index is 0.0965. The molecule has 0 amide bonds. The largest absolute Gasteiger partial charge is 0.373 e. The Morgan fingerprint density at radius 3 is 2.65 bits per heavy atom. The molecule has 8 heteroatoms. The molecule has 0 aromatic carbocycles. The van der Waals surface area contributed by atoms with Crippen molar-refractivity contribution < 1.29 is 13.2 Å². The molecule has 20 heavy (non-hydrogen) atoms. The van der Waals surface area contributed by atoms with Gasteiger partial charge < -0.3 is 10.5 Å². The summed E-state index contributed by atoms with van der Waals surface area (Å²) in [4.78, 5) is 0.232. The zero-order valence-electron chi connectivity index (χ0n) is 11.9. The number of aromatic nitrogens is 2. The SMILES string of the molecule is C[C@@H]1CN(S(=O)(=O)c2cnn(CCCN)c2)C[C@H](C)O1. The molecule has 1 aliphatic rings. The average molecular weight is 302 g/mol. The molecule has 1 saturated heterocycles. The van der Waals surface area contributed by atoms with Gasteiger partial charge in [0.25, 0.3) is 0 Å². The van der Waals surface area contributed by atoms with Crippen molar-refractivity contribution in [3.05, 3.63) is 12.4 Å². The van der Waals surface area contributed by atoms with E-state index < -0.39 is 10.0 Å². The number of morpholine rings is 1. The summed E-state index contributed by atoms with van der Waals surface area (Å²) in [5.74, 6) is 0. The van der Waals surface area contributed by atoms with Crippen LogP contribution in [-0.4, -0.2) is 54.3 Å². The molecule has 0 unspecified atom stereocenters. The van der Waals surface area contributed by atoms with Gasteiger partial charge in [0.15, 0.2) is 0 Å². The molecule has 2 N–H and O–H groups in total. The van der Waals surface area contributed by atoms with Gasteiger partial charge in [-0.25, -0.2) is 8.42 Å². The molecule has 1 fully saturated rings. The van der Waals surface area contributed by atoms with Crippen LogP contribution in [0.4, 0.5) is 0 Å². The van der Waals surface area contributed by atoms with Crippen molar-refractivity contribution in [2.24, 2.45) is 5.73 Å². The standard InChI is InChI=1S/C12H22N4O3S/c1-10-7-16(8-11(2)19-10)20(17,18)12-6-14-15(9-12)5-3-4-13/h6,9-11H,3-5,7-8,13H2,1-2H3/t10-,11+. The summed E-state index contributed by atoms with van der Waals surface area (Å²) < 4.78 is 33.8. The van der Waals surface area contributed by atoms with Crippen LogP contribution in [0.1, 0.15) is 20.3 Å². The Labute approximate surface area is 119 Å². The van der Waals surface area contributed by atoms with E-state index in [-0.39, 0.29) is 17.1 Å². The number of nitrogens with two attached hydrogens (primary N) is 1. The van der Waals surface area contributed by atoms with Crippen LogP contribution in [0.5, 0.6) is 0 Å². The van der Waals surface area contributed by atoms with Crippen molar-refractivity contribution in [3.8, 4) is 0 Å². The molecule has 2 atom stereocenters. The lowest BCUT2D eigenvalue weighted by molar-refractivity contribution is -0.0440. The lowest BCUT2D eigenvalue weighted by Crippen LogP contribution is -2.48. The normalized spacial score (nSPS) is 24.9. The van der Waals surface area contributed by atoms with Crippen molar-refractivity contribution in [3.63, 3.8) is 0 Å². The van der Waals surface area contributed by atoms with Gasteiger partial charge in [0.2, 0.25) is 10.0 Å². The lowest BCUT2D eigenvalue weighted by atomic mass is 10.3. The van der Waals surface area contributed by atoms with E-state index in [0.717, 1.165) is 6.42 Å². The molecule has 0 bridgehead atoms. The van der Waals surface area contributed by atoms with Crippen LogP contribution in [0.15, 0.2) is 17.3 Å². The van der Waals surface area contributed by atoms with E-state index in [4.69, 9.17) is 10.5 Å². The minimum atomic E-state index is -3.49. The molecule has 7 nitrogen and oxygen atoms in total. The molecule has 0 aliphatic carbocycles. The Balaban J connectivity index is 2.15. The quantitative estimate of drug-likeness (QED) is 0.828. The predicted molar refractivity (Wildman–Crippen MR) is 74.7 cm³/mol. The summed E-state index contributed by atoms with van der Waals surface area (Å²) in [6.45, 7) is 5.69. The van der Waals surface area contributed by atoms with Crippen LogP contribution in [0, 0.1) is 0 Å². The second kappa shape index (κ2) is 6.21. The summed E-state index contributed by atoms with van der Waals surface area (Å²) in [7, 11) is -3.49. The number of sulfonamides is 1. The maximum atomic E-state index is 12.6. The Kier molecular flexibility index (Phi) is 4.79. The average Bonchev–Trinajstić information content (AvgIpc) is 2.84. The lowest BCUT2D eigenvalue weighted by Gasteiger charge is -2.34. The highest BCUT2D eigenvalue weighted by Gasteiger charge is 2.32. The number of ether oxygens (including phenoxy) is 1. The molecule has 114 valence electrons. The fourth-order valence-corrected chi connectivity index (χ4v) is 3.88. The van der Waals surface area contributed by atoms with Gasteiger partial charge in [0.05, 0.1) is 18.4 Å². The van der Waals surface area contributed by atoms with Crippen LogP contribution in [0.3, 0.4) is 0 Å². The monoisotopic (exact) mass is 302 g/mol. The van der Waals surface area contributed by atoms with Gasteiger partial charge in [0.1, 0.15) is 4.90 Å². The van der Waals surface area contributed by atoms with E-state index >= 15 is 0 Å². The van der Waals surface area contributed by atoms with Gasteiger partial charge in [-0.15, -0.1) is 0 Å². The first-order valence-corrected chi connectivity index (χ1v) is 8.25. The van der Waals surface area contributed by atoms with Crippen LogP contribution >= 0.6 is 0 Å². The van der Waals surface area contributed by atoms with E-state index in [1.165, 1.54) is 10.5 Å². The Hall–Kier alpha value is -0.960. The summed E-state index contributed by atoms with van der Waals surface area (Å²) in [5.41, 5.74) is 5.43. The first-order valence-electron chi connectivity index (χ1n) is 6.81. The van der Waals surface area contributed by atoms with Gasteiger partial charge in [-0.1, -0.05) is 0 Å². The fourth-order valence-electron chi connectivity index (χ4n) is 2.33. The minimum Gasteiger partial charge on any atom is -0.373 e. The molecule has 0 spiro atoms. The third-order valence-electron chi connectivity index (χ3n) is 3.22. The van der Waals surface area contributed by atoms with Gasteiger partial charge in [-0.3, -0.25) is 4.68 Å². The molecule has 1 aromatic rings. The maximum Gasteiger partial charge on any atom is 0.246 e. The highest BCUT2D eigenvalue weighted by Crippen LogP contribution is 2.20. The first kappa shape index (κ1) is 15.4. The van der Waals surface area contributed by atoms with Gasteiger partial charge in [-0.2, -0.15) is 9.40 Å². The molecule has 0 saturated carbocycles. The van der Waals surface area contributed by atoms with Crippen LogP contribution in [-0.2, 0) is 21.3 Å². The number of aryl methyl sites for hydroxylation is 1. The topological polar surface area (TPSA) is 90.5 Å². The summed E-state index contributed by atoms with van der Waals surface area (Å²) in [6, 6.07) is 0. The van der Waals surface area contributed by atoms with Crippen molar-refractivity contribution in [2.45, 2.75) is 43.9 Å². The molecular formula is C12H22N4O3S. The molecule has 2 rings (SSSR count). The van der Waals surface area contributed by atoms with Crippen LogP contribution in [0.25, 0.3) is 0 Å². The number of hydrogen-bond donors (Lipinski definition) is 1. The summed E-state index contributed by atoms with van der Waals surface area (Å²) >= 11 is 0. The summed E-state index contributed by atoms with van der Waals surface area (Å²) in [5, 5.41) is 4.08. The first-order chi connectivity index (χ1) is 9.43. The molecule has 1 aliphatic heterocycles. The van der Waals surface area contributed by atoms with E-state index in [9.17, 15) is 8.42 Å². The van der Waals surface area contributed by atoms with E-state index in [0.29, 0.717) is 26.2 Å². The fraction of sp³-hybridized carbons (Fsp3) is 0.750. The molecule has 2 heterocycles. The summed E-state index contributed by atoms with van der Waals surface area (Å²) in [6.07, 6.45) is 3.54. The van der Waals surface area contributed by atoms with E-state index in [1.54, 1.807) is 10.9 Å². The molecular weight excluding hydrogens is 280 g/mol. The van der Waals surface area contributed by atoms with E-state index in [1.807, 2.05) is 13.8 Å². The van der Waals surface area contributed by atoms with Crippen molar-refractivity contribution >= 4 is 10.0 Å². The van der Waals surface area contributed by atoms with Crippen molar-refractivity contribution in [2.75, 3.05) is 19.6 Å². The Bertz CT molecular complexity index is 533. The van der Waals surface area contributed by atoms with E-state index in [2.05, 4.69) is 5.10 Å². The Morgan fingerprint density at radius 2 is 2.05 bits per heavy atom. The van der Waals surface area contributed by atoms with Gasteiger partial charge in [-0.05, 0) is 26.8 Å². The maximum absolute atomic E-state index is 12.6.